The van der Waals surface area contributed by atoms with Crippen LogP contribution in [0.5, 0.6) is 0 Å². The van der Waals surface area contributed by atoms with Gasteiger partial charge in [-0.25, -0.2) is 0 Å². The fourth-order valence-electron chi connectivity index (χ4n) is 3.02. The lowest BCUT2D eigenvalue weighted by Crippen LogP contribution is -2.28. The Morgan fingerprint density at radius 2 is 2.08 bits per heavy atom. The molecule has 0 spiro atoms. The van der Waals surface area contributed by atoms with E-state index in [-0.39, 0.29) is 5.91 Å². The van der Waals surface area contributed by atoms with E-state index in [4.69, 9.17) is 5.73 Å². The Bertz CT molecular complexity index is 758. The van der Waals surface area contributed by atoms with Gasteiger partial charge in [-0.2, -0.15) is 0 Å². The Labute approximate surface area is 147 Å². The van der Waals surface area contributed by atoms with Gasteiger partial charge in [0, 0.05) is 24.6 Å². The van der Waals surface area contributed by atoms with Gasteiger partial charge in [-0.15, -0.1) is 0 Å². The van der Waals surface area contributed by atoms with Crippen LogP contribution in [0.15, 0.2) is 47.7 Å². The predicted octanol–water partition coefficient (Wildman–Crippen LogP) is 2.12. The second-order valence-corrected chi connectivity index (χ2v) is 6.04. The number of amides is 1. The molecule has 0 aliphatic heterocycles. The molecule has 4 N–H and O–H groups in total. The number of nitrogens with one attached hydrogen (secondary N) is 2. The summed E-state index contributed by atoms with van der Waals surface area (Å²) in [4.78, 5) is 20.1. The fraction of sp³-hybridized carbons (Fsp3) is 0.316. The molecule has 2 aromatic rings. The average Bonchev–Trinajstić information content (AvgIpc) is 2.66. The number of fused-ring (bicyclic) bond motifs is 1. The topological polar surface area (TPSA) is 92.4 Å². The molecule has 0 saturated carbocycles. The van der Waals surface area contributed by atoms with Crippen molar-refractivity contribution < 1.29 is 4.79 Å². The lowest BCUT2D eigenvalue weighted by Gasteiger charge is -2.19. The highest BCUT2D eigenvalue weighted by molar-refractivity contribution is 5.94. The number of hydrogen-bond donors (Lipinski definition) is 3. The zero-order valence-electron chi connectivity index (χ0n) is 14.2. The molecular formula is C19H23N5O. The predicted molar refractivity (Wildman–Crippen MR) is 99.8 cm³/mol. The van der Waals surface area contributed by atoms with E-state index in [1.807, 2.05) is 12.1 Å². The molecular weight excluding hydrogens is 314 g/mol. The van der Waals surface area contributed by atoms with Crippen LogP contribution in [-0.4, -0.2) is 29.9 Å². The van der Waals surface area contributed by atoms with Crippen molar-refractivity contribution in [1.82, 2.24) is 10.3 Å². The van der Waals surface area contributed by atoms with Crippen LogP contribution in [0, 0.1) is 0 Å². The molecule has 3 rings (SSSR count). The van der Waals surface area contributed by atoms with E-state index in [2.05, 4.69) is 26.7 Å². The molecule has 0 saturated heterocycles. The van der Waals surface area contributed by atoms with E-state index in [0.717, 1.165) is 18.5 Å². The van der Waals surface area contributed by atoms with Crippen molar-refractivity contribution in [2.75, 3.05) is 18.4 Å². The van der Waals surface area contributed by atoms with Crippen LogP contribution in [0.3, 0.4) is 0 Å². The van der Waals surface area contributed by atoms with E-state index in [9.17, 15) is 4.79 Å². The van der Waals surface area contributed by atoms with Crippen LogP contribution >= 0.6 is 0 Å². The molecule has 1 heterocycles. The van der Waals surface area contributed by atoms with Gasteiger partial charge in [0.25, 0.3) is 5.91 Å². The smallest absolute Gasteiger partial charge is 0.252 e. The van der Waals surface area contributed by atoms with Crippen molar-refractivity contribution in [3.63, 3.8) is 0 Å². The monoisotopic (exact) mass is 337 g/mol. The van der Waals surface area contributed by atoms with Gasteiger partial charge in [0.05, 0.1) is 12.1 Å². The quantitative estimate of drug-likeness (QED) is 0.443. The number of rotatable bonds is 5. The molecule has 0 unspecified atom stereocenters. The van der Waals surface area contributed by atoms with Gasteiger partial charge in [0.2, 0.25) is 0 Å². The molecule has 0 atom stereocenters. The summed E-state index contributed by atoms with van der Waals surface area (Å²) in [6, 6.07) is 9.72. The molecule has 25 heavy (non-hydrogen) atoms. The van der Waals surface area contributed by atoms with E-state index < -0.39 is 0 Å². The first-order valence-electron chi connectivity index (χ1n) is 8.60. The molecule has 1 aromatic carbocycles. The summed E-state index contributed by atoms with van der Waals surface area (Å²) in [6.45, 7) is 0.836. The van der Waals surface area contributed by atoms with Crippen molar-refractivity contribution in [1.29, 1.82) is 0 Å². The average molecular weight is 337 g/mol. The summed E-state index contributed by atoms with van der Waals surface area (Å²) >= 11 is 0. The van der Waals surface area contributed by atoms with Crippen molar-refractivity contribution in [2.45, 2.75) is 25.7 Å². The Hall–Kier alpha value is -2.89. The van der Waals surface area contributed by atoms with Gasteiger partial charge < -0.3 is 16.4 Å². The number of carbonyl (C=O) groups excluding carboxylic acids is 1. The second-order valence-electron chi connectivity index (χ2n) is 6.04. The van der Waals surface area contributed by atoms with Gasteiger partial charge >= 0.3 is 0 Å². The van der Waals surface area contributed by atoms with E-state index in [1.54, 1.807) is 18.3 Å². The largest absolute Gasteiger partial charge is 0.370 e. The van der Waals surface area contributed by atoms with Crippen LogP contribution in [0.1, 0.15) is 34.3 Å². The lowest BCUT2D eigenvalue weighted by molar-refractivity contribution is 0.0954. The molecule has 0 bridgehead atoms. The van der Waals surface area contributed by atoms with Crippen molar-refractivity contribution in [2.24, 2.45) is 10.7 Å². The summed E-state index contributed by atoms with van der Waals surface area (Å²) in [7, 11) is 0. The highest BCUT2D eigenvalue weighted by Crippen LogP contribution is 2.27. The minimum Gasteiger partial charge on any atom is -0.370 e. The number of aliphatic imine (C=N–C) groups is 1. The minimum absolute atomic E-state index is 0.160. The van der Waals surface area contributed by atoms with Crippen LogP contribution in [-0.2, 0) is 12.8 Å². The third-order valence-corrected chi connectivity index (χ3v) is 4.26. The van der Waals surface area contributed by atoms with Crippen molar-refractivity contribution >= 4 is 17.6 Å². The normalized spacial score (nSPS) is 13.8. The first kappa shape index (κ1) is 17.0. The number of benzene rings is 1. The van der Waals surface area contributed by atoms with Crippen LogP contribution in [0.25, 0.3) is 0 Å². The van der Waals surface area contributed by atoms with Gasteiger partial charge in [0.1, 0.15) is 0 Å². The van der Waals surface area contributed by atoms with Crippen LogP contribution < -0.4 is 16.4 Å². The first-order chi connectivity index (χ1) is 12.2. The maximum absolute atomic E-state index is 11.9. The summed E-state index contributed by atoms with van der Waals surface area (Å²) < 4.78 is 0. The zero-order valence-corrected chi connectivity index (χ0v) is 14.2. The highest BCUT2D eigenvalue weighted by Gasteiger charge is 2.13. The number of pyridine rings is 1. The minimum atomic E-state index is -0.160. The fourth-order valence-corrected chi connectivity index (χ4v) is 3.02. The standard InChI is InChI=1S/C19H23N5O/c20-19(23-12-11-22-18(25)15-7-4-10-21-13-15)24-17-9-3-6-14-5-1-2-8-16(14)17/h3-4,6-7,9-10,13H,1-2,5,8,11-12H2,(H,22,25)(H3,20,23,24). The number of hydrogen-bond acceptors (Lipinski definition) is 3. The number of aryl methyl sites for hydroxylation is 1. The Balaban J connectivity index is 1.50. The van der Waals surface area contributed by atoms with Crippen molar-refractivity contribution in [3.05, 3.63) is 59.4 Å². The molecule has 1 aromatic heterocycles. The third kappa shape index (κ3) is 4.56. The molecule has 0 fully saturated rings. The molecule has 1 aliphatic carbocycles. The third-order valence-electron chi connectivity index (χ3n) is 4.26. The number of nitrogens with zero attached hydrogens (tertiary/aromatic N) is 2. The number of carbonyl (C=O) groups is 1. The molecule has 1 aliphatic rings. The highest BCUT2D eigenvalue weighted by atomic mass is 16.1. The van der Waals surface area contributed by atoms with Crippen molar-refractivity contribution in [3.8, 4) is 0 Å². The Kier molecular flexibility index (Phi) is 5.61. The SMILES string of the molecule is NC(=NCCNC(=O)c1cccnc1)Nc1cccc2c1CCCC2. The maximum Gasteiger partial charge on any atom is 0.252 e. The Morgan fingerprint density at radius 3 is 2.92 bits per heavy atom. The summed E-state index contributed by atoms with van der Waals surface area (Å²) in [5.74, 6) is 0.210. The second kappa shape index (κ2) is 8.28. The Morgan fingerprint density at radius 1 is 1.20 bits per heavy atom. The molecule has 6 nitrogen and oxygen atoms in total. The first-order valence-corrected chi connectivity index (χ1v) is 8.60. The zero-order chi connectivity index (χ0) is 17.5. The number of guanidine groups is 1. The van der Waals surface area contributed by atoms with Gasteiger partial charge in [-0.3, -0.25) is 14.8 Å². The van der Waals surface area contributed by atoms with Crippen LogP contribution in [0.4, 0.5) is 5.69 Å². The van der Waals surface area contributed by atoms with E-state index >= 15 is 0 Å². The molecule has 6 heteroatoms. The van der Waals surface area contributed by atoms with E-state index in [0.29, 0.717) is 24.6 Å². The number of aromatic nitrogens is 1. The number of anilines is 1. The van der Waals surface area contributed by atoms with E-state index in [1.165, 1.54) is 30.2 Å². The van der Waals surface area contributed by atoms with Crippen LogP contribution in [0.2, 0.25) is 0 Å². The summed E-state index contributed by atoms with van der Waals surface area (Å²) in [6.07, 6.45) is 7.83. The molecule has 0 radical (unpaired) electrons. The molecule has 1 amide bonds. The molecule has 130 valence electrons. The number of nitrogens with two attached hydrogens (primary N) is 1. The summed E-state index contributed by atoms with van der Waals surface area (Å²) in [5, 5.41) is 5.99. The lowest BCUT2D eigenvalue weighted by atomic mass is 9.90. The maximum atomic E-state index is 11.9. The summed E-state index contributed by atoms with van der Waals surface area (Å²) in [5.41, 5.74) is 10.3. The van der Waals surface area contributed by atoms with Gasteiger partial charge in [0.15, 0.2) is 5.96 Å². The van der Waals surface area contributed by atoms with Gasteiger partial charge in [-0.1, -0.05) is 12.1 Å². The van der Waals surface area contributed by atoms with Gasteiger partial charge in [-0.05, 0) is 55.0 Å².